The summed E-state index contributed by atoms with van der Waals surface area (Å²) >= 11 is 9.54. The smallest absolute Gasteiger partial charge is 0.303 e. The molecule has 0 saturated carbocycles. The first kappa shape index (κ1) is 16.0. The monoisotopic (exact) mass is 371 g/mol. The summed E-state index contributed by atoms with van der Waals surface area (Å²) in [5.41, 5.74) is 1.84. The zero-order chi connectivity index (χ0) is 15.2. The molecule has 0 atom stereocenters. The molecule has 0 radical (unpaired) electrons. The normalized spacial score (nSPS) is 10.8. The lowest BCUT2D eigenvalue weighted by molar-refractivity contribution is -0.137. The second-order valence-electron chi connectivity index (χ2n) is 4.74. The average molecular weight is 373 g/mol. The molecule has 2 aromatic rings. The summed E-state index contributed by atoms with van der Waals surface area (Å²) in [4.78, 5) is 10.4. The molecule has 2 rings (SSSR count). The number of hydrogen-bond acceptors (Lipinski definition) is 3. The van der Waals surface area contributed by atoms with Crippen LogP contribution in [-0.2, 0) is 17.8 Å². The molecular formula is C14H15BrClN3O2. The Hall–Kier alpha value is -1.40. The van der Waals surface area contributed by atoms with Gasteiger partial charge in [-0.05, 0) is 37.0 Å². The second kappa shape index (κ2) is 7.56. The highest BCUT2D eigenvalue weighted by atomic mass is 79.9. The van der Waals surface area contributed by atoms with E-state index in [2.05, 4.69) is 26.2 Å². The molecule has 5 nitrogen and oxygen atoms in total. The zero-order valence-electron chi connectivity index (χ0n) is 11.3. The number of rotatable bonds is 7. The highest BCUT2D eigenvalue weighted by Crippen LogP contribution is 2.22. The van der Waals surface area contributed by atoms with Gasteiger partial charge in [0, 0.05) is 22.1 Å². The Morgan fingerprint density at radius 3 is 2.90 bits per heavy atom. The molecule has 0 aliphatic heterocycles. The average Bonchev–Trinajstić information content (AvgIpc) is 2.85. The van der Waals surface area contributed by atoms with Crippen LogP contribution in [0.1, 0.15) is 30.5 Å². The van der Waals surface area contributed by atoms with Crippen molar-refractivity contribution < 1.29 is 9.90 Å². The van der Waals surface area contributed by atoms with Gasteiger partial charge in [0.25, 0.3) is 0 Å². The molecule has 1 heterocycles. The summed E-state index contributed by atoms with van der Waals surface area (Å²) in [6.45, 7) is 0.564. The van der Waals surface area contributed by atoms with Crippen molar-refractivity contribution >= 4 is 33.5 Å². The number of halogens is 2. The van der Waals surface area contributed by atoms with Crippen molar-refractivity contribution in [1.82, 2.24) is 15.0 Å². The highest BCUT2D eigenvalue weighted by Gasteiger charge is 2.06. The lowest BCUT2D eigenvalue weighted by Crippen LogP contribution is -2.01. The van der Waals surface area contributed by atoms with Crippen molar-refractivity contribution in [2.75, 3.05) is 0 Å². The first-order valence-electron chi connectivity index (χ1n) is 6.59. The minimum atomic E-state index is -0.761. The van der Waals surface area contributed by atoms with Crippen LogP contribution in [-0.4, -0.2) is 26.1 Å². The van der Waals surface area contributed by atoms with E-state index in [9.17, 15) is 4.79 Å². The Kier molecular flexibility index (Phi) is 5.76. The summed E-state index contributed by atoms with van der Waals surface area (Å²) in [6, 6.07) is 5.73. The largest absolute Gasteiger partial charge is 0.481 e. The van der Waals surface area contributed by atoms with E-state index in [1.54, 1.807) is 4.68 Å². The van der Waals surface area contributed by atoms with Gasteiger partial charge in [0.1, 0.15) is 0 Å². The van der Waals surface area contributed by atoms with E-state index in [1.165, 1.54) is 0 Å². The fourth-order valence-corrected chi connectivity index (χ4v) is 2.67. The molecule has 0 aliphatic carbocycles. The number of carboxylic acids is 1. The van der Waals surface area contributed by atoms with Crippen molar-refractivity contribution in [2.24, 2.45) is 0 Å². The third kappa shape index (κ3) is 5.13. The van der Waals surface area contributed by atoms with Crippen LogP contribution in [0.4, 0.5) is 0 Å². The fraction of sp³-hybridized carbons (Fsp3) is 0.357. The Morgan fingerprint density at radius 1 is 1.38 bits per heavy atom. The molecule has 0 amide bonds. The van der Waals surface area contributed by atoms with Gasteiger partial charge in [-0.3, -0.25) is 4.79 Å². The number of aryl methyl sites for hydroxylation is 1. The maximum absolute atomic E-state index is 10.4. The number of carbonyl (C=O) groups is 1. The predicted molar refractivity (Wildman–Crippen MR) is 83.5 cm³/mol. The number of aromatic nitrogens is 3. The van der Waals surface area contributed by atoms with Gasteiger partial charge >= 0.3 is 5.97 Å². The van der Waals surface area contributed by atoms with E-state index in [0.717, 1.165) is 28.6 Å². The van der Waals surface area contributed by atoms with Crippen LogP contribution >= 0.6 is 27.5 Å². The third-order valence-electron chi connectivity index (χ3n) is 3.01. The van der Waals surface area contributed by atoms with Crippen molar-refractivity contribution in [3.8, 4) is 0 Å². The Bertz CT molecular complexity index is 630. The predicted octanol–water partition coefficient (Wildman–Crippen LogP) is 3.54. The van der Waals surface area contributed by atoms with Gasteiger partial charge < -0.3 is 5.11 Å². The summed E-state index contributed by atoms with van der Waals surface area (Å²) in [6.07, 6.45) is 4.26. The van der Waals surface area contributed by atoms with Crippen LogP contribution in [0.3, 0.4) is 0 Å². The Balaban J connectivity index is 1.89. The first-order valence-corrected chi connectivity index (χ1v) is 7.76. The quantitative estimate of drug-likeness (QED) is 0.755. The van der Waals surface area contributed by atoms with Gasteiger partial charge in [-0.1, -0.05) is 38.8 Å². The molecule has 0 fully saturated rings. The van der Waals surface area contributed by atoms with Crippen molar-refractivity contribution in [1.29, 1.82) is 0 Å². The Morgan fingerprint density at radius 2 is 2.19 bits per heavy atom. The molecule has 1 aromatic heterocycles. The number of hydrogen-bond donors (Lipinski definition) is 1. The van der Waals surface area contributed by atoms with Crippen LogP contribution in [0.25, 0.3) is 0 Å². The van der Waals surface area contributed by atoms with Gasteiger partial charge in [0.2, 0.25) is 0 Å². The number of nitrogens with zero attached hydrogens (tertiary/aromatic N) is 3. The van der Waals surface area contributed by atoms with Gasteiger partial charge in [-0.25, -0.2) is 4.68 Å². The van der Waals surface area contributed by atoms with Gasteiger partial charge in [-0.2, -0.15) is 0 Å². The molecule has 0 unspecified atom stereocenters. The van der Waals surface area contributed by atoms with E-state index in [1.807, 2.05) is 24.4 Å². The summed E-state index contributed by atoms with van der Waals surface area (Å²) in [7, 11) is 0. The van der Waals surface area contributed by atoms with Crippen LogP contribution < -0.4 is 0 Å². The molecule has 21 heavy (non-hydrogen) atoms. The highest BCUT2D eigenvalue weighted by molar-refractivity contribution is 9.10. The lowest BCUT2D eigenvalue weighted by Gasteiger charge is -2.04. The standard InChI is InChI=1S/C14H15BrClN3O2/c15-11-6-5-10(13(16)7-11)8-19-9-12(17-18-19)3-1-2-4-14(20)21/h5-7,9H,1-4,8H2,(H,20,21). The van der Waals surface area contributed by atoms with E-state index in [-0.39, 0.29) is 6.42 Å². The summed E-state index contributed by atoms with van der Waals surface area (Å²) in [5.74, 6) is -0.761. The molecule has 0 aliphatic rings. The molecule has 0 bridgehead atoms. The summed E-state index contributed by atoms with van der Waals surface area (Å²) in [5, 5.41) is 17.4. The maximum atomic E-state index is 10.4. The molecular weight excluding hydrogens is 358 g/mol. The van der Waals surface area contributed by atoms with Crippen molar-refractivity contribution in [2.45, 2.75) is 32.2 Å². The lowest BCUT2D eigenvalue weighted by atomic mass is 10.1. The fourth-order valence-electron chi connectivity index (χ4n) is 1.94. The molecule has 7 heteroatoms. The van der Waals surface area contributed by atoms with Gasteiger partial charge in [0.05, 0.1) is 12.2 Å². The molecule has 0 saturated heterocycles. The van der Waals surface area contributed by atoms with E-state index in [4.69, 9.17) is 16.7 Å². The van der Waals surface area contributed by atoms with Crippen LogP contribution in [0.2, 0.25) is 5.02 Å². The number of benzene rings is 1. The van der Waals surface area contributed by atoms with E-state index < -0.39 is 5.97 Å². The number of carboxylic acid groups (broad SMARTS) is 1. The Labute approximate surface area is 136 Å². The molecule has 112 valence electrons. The minimum Gasteiger partial charge on any atom is -0.481 e. The first-order chi connectivity index (χ1) is 10.0. The van der Waals surface area contributed by atoms with Crippen molar-refractivity contribution in [3.63, 3.8) is 0 Å². The molecule has 1 N–H and O–H groups in total. The van der Waals surface area contributed by atoms with E-state index >= 15 is 0 Å². The second-order valence-corrected chi connectivity index (χ2v) is 6.07. The molecule has 1 aromatic carbocycles. The third-order valence-corrected chi connectivity index (χ3v) is 3.85. The van der Waals surface area contributed by atoms with Crippen molar-refractivity contribution in [3.05, 3.63) is 45.1 Å². The van der Waals surface area contributed by atoms with Gasteiger partial charge in [-0.15, -0.1) is 5.10 Å². The van der Waals surface area contributed by atoms with E-state index in [0.29, 0.717) is 18.0 Å². The van der Waals surface area contributed by atoms with Gasteiger partial charge in [0.15, 0.2) is 0 Å². The van der Waals surface area contributed by atoms with Crippen LogP contribution in [0.5, 0.6) is 0 Å². The molecule has 0 spiro atoms. The number of unbranched alkanes of at least 4 members (excludes halogenated alkanes) is 1. The number of aliphatic carboxylic acids is 1. The van der Waals surface area contributed by atoms with Crippen LogP contribution in [0.15, 0.2) is 28.9 Å². The SMILES string of the molecule is O=C(O)CCCCc1cn(Cc2ccc(Br)cc2Cl)nn1. The maximum Gasteiger partial charge on any atom is 0.303 e. The van der Waals surface area contributed by atoms with Crippen LogP contribution in [0, 0.1) is 0 Å². The summed E-state index contributed by atoms with van der Waals surface area (Å²) < 4.78 is 2.68. The topological polar surface area (TPSA) is 68.0 Å². The minimum absolute atomic E-state index is 0.197. The zero-order valence-corrected chi connectivity index (χ0v) is 13.6.